The Balaban J connectivity index is 2.20. The summed E-state index contributed by atoms with van der Waals surface area (Å²) in [6.07, 6.45) is 1.00. The number of nitrogens with zero attached hydrogens (tertiary/aromatic N) is 2. The lowest BCUT2D eigenvalue weighted by molar-refractivity contribution is 0.101. The zero-order valence-electron chi connectivity index (χ0n) is 12.5. The Morgan fingerprint density at radius 3 is 1.29 bits per heavy atom. The monoisotopic (exact) mass is 322 g/mol. The van der Waals surface area contributed by atoms with Gasteiger partial charge in [-0.2, -0.15) is 0 Å². The highest BCUT2D eigenvalue weighted by atomic mass is 16.2. The lowest BCUT2D eigenvalue weighted by Gasteiger charge is -2.01. The van der Waals surface area contributed by atoms with Crippen LogP contribution in [0.2, 0.25) is 0 Å². The van der Waals surface area contributed by atoms with E-state index in [1.165, 1.54) is 0 Å². The minimum absolute atomic E-state index is 0.306. The molecule has 0 atom stereocenters. The fourth-order valence-electron chi connectivity index (χ4n) is 1.84. The van der Waals surface area contributed by atoms with E-state index in [4.69, 9.17) is 0 Å². The molecule has 0 aromatic heterocycles. The number of azo groups is 1. The van der Waals surface area contributed by atoms with Crippen LogP contribution in [-0.2, 0) is 0 Å². The Morgan fingerprint density at radius 2 is 1.00 bits per heavy atom. The first kappa shape index (κ1) is 16.8. The topological polar surface area (TPSA) is 99.3 Å². The number of aliphatic hydroxyl groups is 2. The van der Waals surface area contributed by atoms with E-state index in [1.54, 1.807) is 60.7 Å². The molecule has 0 amide bonds. The predicted octanol–water partition coefficient (Wildman–Crippen LogP) is 4.00. The van der Waals surface area contributed by atoms with Crippen molar-refractivity contribution in [1.82, 2.24) is 0 Å². The molecule has 2 N–H and O–H groups in total. The van der Waals surface area contributed by atoms with E-state index < -0.39 is 11.6 Å². The van der Waals surface area contributed by atoms with Crippen LogP contribution in [-0.4, -0.2) is 21.8 Å². The van der Waals surface area contributed by atoms with Gasteiger partial charge in [-0.05, 0) is 0 Å². The van der Waals surface area contributed by atoms with Crippen LogP contribution in [0.25, 0.3) is 0 Å². The molecule has 0 aliphatic carbocycles. The summed E-state index contributed by atoms with van der Waals surface area (Å²) in [5, 5.41) is 25.5. The molecular weight excluding hydrogens is 308 g/mol. The maximum atomic E-state index is 12.2. The molecule has 0 aliphatic heterocycles. The summed E-state index contributed by atoms with van der Waals surface area (Å²) in [5.41, 5.74) is -0.107. The maximum absolute atomic E-state index is 12.2. The summed E-state index contributed by atoms with van der Waals surface area (Å²) in [7, 11) is 0. The minimum Gasteiger partial charge on any atom is -0.513 e. The van der Waals surface area contributed by atoms with Gasteiger partial charge in [0.05, 0.1) is 0 Å². The van der Waals surface area contributed by atoms with Gasteiger partial charge in [0.2, 0.25) is 11.6 Å². The number of ketones is 2. The third kappa shape index (κ3) is 4.01. The van der Waals surface area contributed by atoms with Crippen molar-refractivity contribution in [2.45, 2.75) is 0 Å². The Hall–Kier alpha value is -3.54. The van der Waals surface area contributed by atoms with Crippen LogP contribution in [0.3, 0.4) is 0 Å². The number of carbonyl (C=O) groups excluding carboxylic acids is 2. The molecule has 0 aliphatic rings. The van der Waals surface area contributed by atoms with Gasteiger partial charge in [-0.1, -0.05) is 60.7 Å². The normalized spacial score (nSPS) is 12.3. The molecular formula is C18H14N2O4. The molecule has 6 nitrogen and oxygen atoms in total. The molecule has 0 saturated carbocycles. The van der Waals surface area contributed by atoms with E-state index >= 15 is 0 Å². The second kappa shape index (κ2) is 8.19. The Morgan fingerprint density at radius 1 is 0.667 bits per heavy atom. The number of aliphatic hydroxyl groups excluding tert-OH is 2. The van der Waals surface area contributed by atoms with Crippen molar-refractivity contribution < 1.29 is 19.8 Å². The number of rotatable bonds is 6. The molecule has 6 heteroatoms. The van der Waals surface area contributed by atoms with Crippen LogP contribution in [0, 0.1) is 0 Å². The highest BCUT2D eigenvalue weighted by Gasteiger charge is 2.15. The summed E-state index contributed by atoms with van der Waals surface area (Å²) >= 11 is 0. The molecule has 0 heterocycles. The molecule has 2 aromatic rings. The third-order valence-corrected chi connectivity index (χ3v) is 3.05. The van der Waals surface area contributed by atoms with Gasteiger partial charge in [-0.15, -0.1) is 10.2 Å². The molecule has 24 heavy (non-hydrogen) atoms. The summed E-state index contributed by atoms with van der Waals surface area (Å²) in [4.78, 5) is 24.3. The van der Waals surface area contributed by atoms with Crippen LogP contribution >= 0.6 is 0 Å². The Kier molecular flexibility index (Phi) is 5.74. The van der Waals surface area contributed by atoms with Gasteiger partial charge in [0.25, 0.3) is 0 Å². The van der Waals surface area contributed by atoms with Gasteiger partial charge in [0.15, 0.2) is 11.4 Å². The fraction of sp³-hybridized carbons (Fsp3) is 0. The first-order valence-electron chi connectivity index (χ1n) is 6.97. The van der Waals surface area contributed by atoms with Crippen molar-refractivity contribution >= 4 is 11.6 Å². The SMILES string of the molecule is O=C(C(=C/O)/N=N/C(=C/O)C(=O)c1ccccc1)c1ccccc1. The van der Waals surface area contributed by atoms with Crippen molar-refractivity contribution in [3.63, 3.8) is 0 Å². The maximum Gasteiger partial charge on any atom is 0.216 e. The Bertz CT molecular complexity index is 740. The average Bonchev–Trinajstić information content (AvgIpc) is 2.66. The first-order valence-corrected chi connectivity index (χ1v) is 6.97. The van der Waals surface area contributed by atoms with Crippen LogP contribution < -0.4 is 0 Å². The Labute approximate surface area is 138 Å². The lowest BCUT2D eigenvalue weighted by Crippen LogP contribution is -2.03. The molecule has 120 valence electrons. The van der Waals surface area contributed by atoms with E-state index in [0.717, 1.165) is 0 Å². The number of hydrogen-bond donors (Lipinski definition) is 2. The standard InChI is InChI=1S/C18H14N2O4/c21-11-15(17(23)13-7-3-1-4-8-13)19-20-16(12-22)18(24)14-9-5-2-6-10-14/h1-12,21-22H/b15-11-,16-12+,20-19+. The van der Waals surface area contributed by atoms with E-state index in [-0.39, 0.29) is 11.4 Å². The van der Waals surface area contributed by atoms with E-state index in [2.05, 4.69) is 10.2 Å². The number of benzene rings is 2. The zero-order valence-corrected chi connectivity index (χ0v) is 12.5. The van der Waals surface area contributed by atoms with E-state index in [0.29, 0.717) is 23.7 Å². The summed E-state index contributed by atoms with van der Waals surface area (Å²) in [5.74, 6) is -1.13. The van der Waals surface area contributed by atoms with Crippen LogP contribution in [0.4, 0.5) is 0 Å². The van der Waals surface area contributed by atoms with Gasteiger partial charge < -0.3 is 10.2 Å². The van der Waals surface area contributed by atoms with E-state index in [1.807, 2.05) is 0 Å². The van der Waals surface area contributed by atoms with Crippen LogP contribution in [0.5, 0.6) is 0 Å². The number of Topliss-reactive ketones (excluding diaryl/α,β-unsaturated/α-hetero) is 2. The van der Waals surface area contributed by atoms with Gasteiger partial charge >= 0.3 is 0 Å². The third-order valence-electron chi connectivity index (χ3n) is 3.05. The summed E-state index contributed by atoms with van der Waals surface area (Å²) < 4.78 is 0. The number of allylic oxidation sites excluding steroid dienone is 2. The molecule has 0 fully saturated rings. The zero-order chi connectivity index (χ0) is 17.4. The number of carbonyl (C=O) groups is 2. The number of hydrogen-bond acceptors (Lipinski definition) is 6. The molecule has 0 spiro atoms. The molecule has 0 radical (unpaired) electrons. The largest absolute Gasteiger partial charge is 0.513 e. The first-order chi connectivity index (χ1) is 11.7. The van der Waals surface area contributed by atoms with Gasteiger partial charge in [0.1, 0.15) is 12.5 Å². The van der Waals surface area contributed by atoms with Gasteiger partial charge in [0, 0.05) is 11.1 Å². The summed E-state index contributed by atoms with van der Waals surface area (Å²) in [6, 6.07) is 16.4. The predicted molar refractivity (Wildman–Crippen MR) is 87.8 cm³/mol. The average molecular weight is 322 g/mol. The second-order valence-electron chi connectivity index (χ2n) is 4.62. The van der Waals surface area contributed by atoms with Crippen molar-refractivity contribution in [3.8, 4) is 0 Å². The van der Waals surface area contributed by atoms with Crippen molar-refractivity contribution in [1.29, 1.82) is 0 Å². The molecule has 0 saturated heterocycles. The molecule has 2 aromatic carbocycles. The smallest absolute Gasteiger partial charge is 0.216 e. The fourth-order valence-corrected chi connectivity index (χ4v) is 1.84. The van der Waals surface area contributed by atoms with Crippen molar-refractivity contribution in [3.05, 3.63) is 95.7 Å². The molecule has 0 unspecified atom stereocenters. The van der Waals surface area contributed by atoms with Crippen molar-refractivity contribution in [2.24, 2.45) is 10.2 Å². The lowest BCUT2D eigenvalue weighted by atomic mass is 10.1. The van der Waals surface area contributed by atoms with E-state index in [9.17, 15) is 19.8 Å². The highest BCUT2D eigenvalue weighted by molar-refractivity contribution is 6.09. The van der Waals surface area contributed by atoms with Crippen molar-refractivity contribution in [2.75, 3.05) is 0 Å². The van der Waals surface area contributed by atoms with Crippen LogP contribution in [0.1, 0.15) is 20.7 Å². The van der Waals surface area contributed by atoms with Gasteiger partial charge in [-0.3, -0.25) is 9.59 Å². The highest BCUT2D eigenvalue weighted by Crippen LogP contribution is 2.14. The van der Waals surface area contributed by atoms with Crippen LogP contribution in [0.15, 0.2) is 94.8 Å². The molecule has 2 rings (SSSR count). The minimum atomic E-state index is -0.564. The molecule has 0 bridgehead atoms. The van der Waals surface area contributed by atoms with Gasteiger partial charge in [-0.25, -0.2) is 0 Å². The second-order valence-corrected chi connectivity index (χ2v) is 4.62. The quantitative estimate of drug-likeness (QED) is 0.363. The summed E-state index contributed by atoms with van der Waals surface area (Å²) in [6.45, 7) is 0.